The third-order valence-electron chi connectivity index (χ3n) is 3.08. The summed E-state index contributed by atoms with van der Waals surface area (Å²) in [6, 6.07) is 7.06. The summed E-state index contributed by atoms with van der Waals surface area (Å²) in [6.07, 6.45) is -4.84. The first-order chi connectivity index (χ1) is 9.73. The molecule has 2 nitrogen and oxygen atoms in total. The van der Waals surface area contributed by atoms with Crippen LogP contribution >= 0.6 is 0 Å². The molecule has 6 heteroatoms. The maximum atomic E-state index is 14.1. The molecule has 1 N–H and O–H groups in total. The number of alkyl halides is 3. The van der Waals surface area contributed by atoms with Crippen LogP contribution in [0.2, 0.25) is 0 Å². The molecule has 0 saturated heterocycles. The highest BCUT2D eigenvalue weighted by Crippen LogP contribution is 2.36. The van der Waals surface area contributed by atoms with Gasteiger partial charge in [0.1, 0.15) is 5.82 Å². The Hall–Kier alpha value is -2.37. The predicted molar refractivity (Wildman–Crippen MR) is 68.5 cm³/mol. The van der Waals surface area contributed by atoms with Gasteiger partial charge in [-0.2, -0.15) is 13.2 Å². The molecule has 2 aromatic carbocycles. The van der Waals surface area contributed by atoms with Gasteiger partial charge in [-0.1, -0.05) is 30.3 Å². The Morgan fingerprint density at radius 3 is 2.19 bits per heavy atom. The predicted octanol–water partition coefficient (Wildman–Crippen LogP) is 4.52. The summed E-state index contributed by atoms with van der Waals surface area (Å²) in [5.74, 6) is -2.79. The molecular weight excluding hydrogens is 288 g/mol. The molecule has 110 valence electrons. The molecule has 2 aromatic rings. The number of carboxylic acid groups (broad SMARTS) is 1. The highest BCUT2D eigenvalue weighted by Gasteiger charge is 2.35. The van der Waals surface area contributed by atoms with Crippen molar-refractivity contribution in [3.8, 4) is 11.1 Å². The van der Waals surface area contributed by atoms with Crippen LogP contribution in [0.4, 0.5) is 17.6 Å². The number of hydrogen-bond donors (Lipinski definition) is 1. The highest BCUT2D eigenvalue weighted by atomic mass is 19.4. The van der Waals surface area contributed by atoms with Gasteiger partial charge in [-0.3, -0.25) is 0 Å². The normalized spacial score (nSPS) is 11.5. The van der Waals surface area contributed by atoms with Gasteiger partial charge in [-0.05, 0) is 24.1 Å². The Balaban J connectivity index is 2.75. The molecule has 0 aliphatic heterocycles. The highest BCUT2D eigenvalue weighted by molar-refractivity contribution is 5.97. The van der Waals surface area contributed by atoms with E-state index >= 15 is 0 Å². The summed E-state index contributed by atoms with van der Waals surface area (Å²) in [5.41, 5.74) is -1.75. The Labute approximate surface area is 117 Å². The van der Waals surface area contributed by atoms with Crippen LogP contribution in [0.25, 0.3) is 11.1 Å². The van der Waals surface area contributed by atoms with E-state index < -0.39 is 23.5 Å². The van der Waals surface area contributed by atoms with E-state index in [2.05, 4.69) is 0 Å². The molecule has 0 fully saturated rings. The minimum Gasteiger partial charge on any atom is -0.478 e. The van der Waals surface area contributed by atoms with Gasteiger partial charge < -0.3 is 5.11 Å². The second kappa shape index (κ2) is 5.20. The summed E-state index contributed by atoms with van der Waals surface area (Å²) >= 11 is 0. The fourth-order valence-electron chi connectivity index (χ4n) is 2.14. The Bertz CT molecular complexity index is 705. The van der Waals surface area contributed by atoms with E-state index in [0.717, 1.165) is 12.1 Å². The van der Waals surface area contributed by atoms with E-state index in [1.165, 1.54) is 25.1 Å². The number of halogens is 4. The van der Waals surface area contributed by atoms with Crippen LogP contribution in [0.1, 0.15) is 21.5 Å². The van der Waals surface area contributed by atoms with E-state index in [9.17, 15) is 27.5 Å². The smallest absolute Gasteiger partial charge is 0.419 e. The molecule has 0 bridgehead atoms. The van der Waals surface area contributed by atoms with Crippen LogP contribution in [-0.2, 0) is 6.18 Å². The van der Waals surface area contributed by atoms with Crippen LogP contribution < -0.4 is 0 Å². The standard InChI is InChI=1S/C15H10F4O2/c1-8-4-2-5-9(12(8)14(20)21)10-6-3-7-11(13(10)16)15(17,18)19/h2-7H,1H3,(H,20,21). The zero-order valence-electron chi connectivity index (χ0n) is 10.8. The van der Waals surface area contributed by atoms with Crippen molar-refractivity contribution < 1.29 is 27.5 Å². The number of carbonyl (C=O) groups is 1. The van der Waals surface area contributed by atoms with E-state index in [1.54, 1.807) is 0 Å². The molecule has 2 rings (SSSR count). The third kappa shape index (κ3) is 2.74. The molecule has 21 heavy (non-hydrogen) atoms. The van der Waals surface area contributed by atoms with Gasteiger partial charge in [0.25, 0.3) is 0 Å². The van der Waals surface area contributed by atoms with E-state index in [0.29, 0.717) is 11.6 Å². The fraction of sp³-hybridized carbons (Fsp3) is 0.133. The van der Waals surface area contributed by atoms with Crippen molar-refractivity contribution in [1.82, 2.24) is 0 Å². The van der Waals surface area contributed by atoms with E-state index in [-0.39, 0.29) is 16.7 Å². The molecule has 0 unspecified atom stereocenters. The van der Waals surface area contributed by atoms with Crippen molar-refractivity contribution >= 4 is 5.97 Å². The Morgan fingerprint density at radius 1 is 1.05 bits per heavy atom. The number of hydrogen-bond acceptors (Lipinski definition) is 1. The van der Waals surface area contributed by atoms with Gasteiger partial charge in [0.15, 0.2) is 0 Å². The summed E-state index contributed by atoms with van der Waals surface area (Å²) in [6.45, 7) is 1.50. The van der Waals surface area contributed by atoms with Gasteiger partial charge in [0.2, 0.25) is 0 Å². The molecule has 0 spiro atoms. The van der Waals surface area contributed by atoms with Gasteiger partial charge >= 0.3 is 12.1 Å². The zero-order chi connectivity index (χ0) is 15.8. The lowest BCUT2D eigenvalue weighted by Gasteiger charge is -2.13. The molecule has 0 aliphatic rings. The average Bonchev–Trinajstić information content (AvgIpc) is 2.36. The van der Waals surface area contributed by atoms with Crippen molar-refractivity contribution in [2.75, 3.05) is 0 Å². The minimum absolute atomic E-state index is 0.0777. The first kappa shape index (κ1) is 15.0. The molecule has 0 radical (unpaired) electrons. The molecular formula is C15H10F4O2. The first-order valence-corrected chi connectivity index (χ1v) is 5.92. The number of rotatable bonds is 2. The number of aromatic carboxylic acids is 1. The summed E-state index contributed by atoms with van der Waals surface area (Å²) in [4.78, 5) is 11.3. The van der Waals surface area contributed by atoms with Crippen LogP contribution in [0.15, 0.2) is 36.4 Å². The van der Waals surface area contributed by atoms with Crippen molar-refractivity contribution in [2.45, 2.75) is 13.1 Å². The lowest BCUT2D eigenvalue weighted by Crippen LogP contribution is -2.10. The maximum absolute atomic E-state index is 14.1. The second-order valence-electron chi connectivity index (χ2n) is 4.47. The maximum Gasteiger partial charge on any atom is 0.419 e. The van der Waals surface area contributed by atoms with Crippen LogP contribution in [0.3, 0.4) is 0 Å². The summed E-state index contributed by atoms with van der Waals surface area (Å²) in [5, 5.41) is 9.18. The molecule has 0 aromatic heterocycles. The first-order valence-electron chi connectivity index (χ1n) is 5.92. The topological polar surface area (TPSA) is 37.3 Å². The Morgan fingerprint density at radius 2 is 1.62 bits per heavy atom. The zero-order valence-corrected chi connectivity index (χ0v) is 10.8. The second-order valence-corrected chi connectivity index (χ2v) is 4.47. The fourth-order valence-corrected chi connectivity index (χ4v) is 2.14. The van der Waals surface area contributed by atoms with Crippen LogP contribution in [-0.4, -0.2) is 11.1 Å². The van der Waals surface area contributed by atoms with Crippen LogP contribution in [0, 0.1) is 12.7 Å². The minimum atomic E-state index is -4.84. The molecule has 0 aliphatic carbocycles. The number of benzene rings is 2. The van der Waals surface area contributed by atoms with Gasteiger partial charge in [0, 0.05) is 5.56 Å². The molecule has 0 atom stereocenters. The quantitative estimate of drug-likeness (QED) is 0.828. The lowest BCUT2D eigenvalue weighted by molar-refractivity contribution is -0.139. The molecule has 0 heterocycles. The lowest BCUT2D eigenvalue weighted by atomic mass is 9.94. The van der Waals surface area contributed by atoms with Crippen molar-refractivity contribution in [2.24, 2.45) is 0 Å². The van der Waals surface area contributed by atoms with Crippen molar-refractivity contribution in [3.05, 3.63) is 58.9 Å². The largest absolute Gasteiger partial charge is 0.478 e. The van der Waals surface area contributed by atoms with Crippen molar-refractivity contribution in [1.29, 1.82) is 0 Å². The van der Waals surface area contributed by atoms with E-state index in [1.807, 2.05) is 0 Å². The monoisotopic (exact) mass is 298 g/mol. The van der Waals surface area contributed by atoms with Gasteiger partial charge in [0.05, 0.1) is 11.1 Å². The average molecular weight is 298 g/mol. The van der Waals surface area contributed by atoms with Crippen molar-refractivity contribution in [3.63, 3.8) is 0 Å². The third-order valence-corrected chi connectivity index (χ3v) is 3.08. The molecule has 0 amide bonds. The summed E-state index contributed by atoms with van der Waals surface area (Å²) in [7, 11) is 0. The van der Waals surface area contributed by atoms with Crippen LogP contribution in [0.5, 0.6) is 0 Å². The summed E-state index contributed by atoms with van der Waals surface area (Å²) < 4.78 is 52.3. The van der Waals surface area contributed by atoms with Gasteiger partial charge in [-0.15, -0.1) is 0 Å². The Kier molecular flexibility index (Phi) is 3.72. The number of aryl methyl sites for hydroxylation is 1. The number of carboxylic acids is 1. The van der Waals surface area contributed by atoms with Gasteiger partial charge in [-0.25, -0.2) is 9.18 Å². The SMILES string of the molecule is Cc1cccc(-c2cccc(C(F)(F)F)c2F)c1C(=O)O. The van der Waals surface area contributed by atoms with E-state index in [4.69, 9.17) is 0 Å². The molecule has 0 saturated carbocycles.